The minimum atomic E-state index is -2.49. The lowest BCUT2D eigenvalue weighted by Crippen LogP contribution is -2.45. The fourth-order valence-electron chi connectivity index (χ4n) is 3.13. The van der Waals surface area contributed by atoms with E-state index >= 15 is 0 Å². The molecule has 0 bridgehead atoms. The molecule has 1 aliphatic rings. The monoisotopic (exact) mass is 382 g/mol. The van der Waals surface area contributed by atoms with Gasteiger partial charge in [-0.25, -0.2) is 8.78 Å². The minimum Gasteiger partial charge on any atom is -0.488 e. The van der Waals surface area contributed by atoms with Crippen molar-refractivity contribution in [3.63, 3.8) is 0 Å². The van der Waals surface area contributed by atoms with Gasteiger partial charge in [-0.1, -0.05) is 12.1 Å². The van der Waals surface area contributed by atoms with E-state index in [2.05, 4.69) is 20.5 Å². The molecule has 1 aromatic rings. The number of rotatable bonds is 7. The Hall–Kier alpha value is -2.38. The van der Waals surface area contributed by atoms with Gasteiger partial charge in [0.25, 0.3) is 6.43 Å². The van der Waals surface area contributed by atoms with E-state index in [1.165, 1.54) is 0 Å². The molecular weight excluding hydrogens is 354 g/mol. The highest BCUT2D eigenvalue weighted by molar-refractivity contribution is 5.80. The zero-order valence-corrected chi connectivity index (χ0v) is 15.9. The molecule has 1 heterocycles. The third-order valence-electron chi connectivity index (χ3n) is 4.60. The summed E-state index contributed by atoms with van der Waals surface area (Å²) in [5.74, 6) is 1.72. The van der Waals surface area contributed by atoms with Crippen LogP contribution in [-0.2, 0) is 11.3 Å². The van der Waals surface area contributed by atoms with Crippen LogP contribution in [0.2, 0.25) is 0 Å². The van der Waals surface area contributed by atoms with E-state index in [0.717, 1.165) is 37.5 Å². The fourth-order valence-corrected chi connectivity index (χ4v) is 3.13. The van der Waals surface area contributed by atoms with E-state index in [1.54, 1.807) is 32.3 Å². The summed E-state index contributed by atoms with van der Waals surface area (Å²) in [6.07, 6.45) is -0.0188. The zero-order valence-electron chi connectivity index (χ0n) is 15.9. The number of amides is 1. The van der Waals surface area contributed by atoms with Crippen molar-refractivity contribution in [2.45, 2.75) is 32.2 Å². The van der Waals surface area contributed by atoms with E-state index in [9.17, 15) is 13.6 Å². The number of hydrogen-bond donors (Lipinski definition) is 2. The minimum absolute atomic E-state index is 0.0879. The second-order valence-electron chi connectivity index (χ2n) is 6.56. The Kier molecular flexibility index (Phi) is 8.29. The lowest BCUT2D eigenvalue weighted by Gasteiger charge is -2.34. The number of carbonyl (C=O) groups excluding carboxylic acids is 1. The first-order valence-corrected chi connectivity index (χ1v) is 9.18. The average Bonchev–Trinajstić information content (AvgIpc) is 2.68. The van der Waals surface area contributed by atoms with Crippen LogP contribution in [-0.4, -0.2) is 57.0 Å². The van der Waals surface area contributed by atoms with E-state index in [-0.39, 0.29) is 5.91 Å². The average molecular weight is 382 g/mol. The normalized spacial score (nSPS) is 15.7. The van der Waals surface area contributed by atoms with Crippen LogP contribution < -0.4 is 15.4 Å². The van der Waals surface area contributed by atoms with Crippen molar-refractivity contribution in [1.29, 1.82) is 0 Å². The molecule has 0 radical (unpaired) electrons. The number of halogens is 2. The summed E-state index contributed by atoms with van der Waals surface area (Å²) < 4.78 is 29.6. The quantitative estimate of drug-likeness (QED) is 0.561. The fraction of sp³-hybridized carbons (Fsp3) is 0.579. The number of hydrogen-bond acceptors (Lipinski definition) is 3. The molecule has 1 aromatic carbocycles. The van der Waals surface area contributed by atoms with Gasteiger partial charge in [0, 0.05) is 40.2 Å². The molecule has 0 aromatic heterocycles. The molecule has 2 rings (SSSR count). The van der Waals surface area contributed by atoms with Crippen LogP contribution in [0, 0.1) is 5.92 Å². The Balaban J connectivity index is 1.82. The van der Waals surface area contributed by atoms with Crippen molar-refractivity contribution in [2.75, 3.05) is 33.8 Å². The van der Waals surface area contributed by atoms with Crippen molar-refractivity contribution >= 4 is 11.9 Å². The molecule has 150 valence electrons. The highest BCUT2D eigenvalue weighted by Crippen LogP contribution is 2.20. The lowest BCUT2D eigenvalue weighted by atomic mass is 9.93. The van der Waals surface area contributed by atoms with Gasteiger partial charge in [0.15, 0.2) is 5.96 Å². The number of carbonyl (C=O) groups is 1. The van der Waals surface area contributed by atoms with E-state index in [4.69, 9.17) is 4.74 Å². The molecule has 1 fully saturated rings. The summed E-state index contributed by atoms with van der Waals surface area (Å²) in [4.78, 5) is 18.0. The van der Waals surface area contributed by atoms with E-state index in [0.29, 0.717) is 24.6 Å². The Morgan fingerprint density at radius 2 is 2.11 bits per heavy atom. The first kappa shape index (κ1) is 20.9. The Bertz CT molecular complexity index is 632. The van der Waals surface area contributed by atoms with Gasteiger partial charge in [0.05, 0.1) is 0 Å². The van der Waals surface area contributed by atoms with Crippen LogP contribution in [0.1, 0.15) is 24.8 Å². The zero-order chi connectivity index (χ0) is 19.6. The van der Waals surface area contributed by atoms with Crippen LogP contribution in [0.15, 0.2) is 29.3 Å². The topological polar surface area (TPSA) is 66.0 Å². The SMILES string of the molecule is CN=C(NCc1cccc(OCC(F)F)c1)N1CCC(CC(=O)NC)CC1. The summed E-state index contributed by atoms with van der Waals surface area (Å²) in [7, 11) is 3.40. The third kappa shape index (κ3) is 7.03. The number of alkyl halides is 2. The summed E-state index contributed by atoms with van der Waals surface area (Å²) in [5.41, 5.74) is 0.928. The maximum atomic E-state index is 12.3. The summed E-state index contributed by atoms with van der Waals surface area (Å²) in [6, 6.07) is 7.10. The highest BCUT2D eigenvalue weighted by atomic mass is 19.3. The maximum absolute atomic E-state index is 12.3. The van der Waals surface area contributed by atoms with Crippen LogP contribution in [0.4, 0.5) is 8.78 Å². The van der Waals surface area contributed by atoms with Crippen LogP contribution in [0.25, 0.3) is 0 Å². The summed E-state index contributed by atoms with van der Waals surface area (Å²) in [5, 5.41) is 5.98. The predicted molar refractivity (Wildman–Crippen MR) is 101 cm³/mol. The molecule has 1 amide bonds. The molecule has 1 aliphatic heterocycles. The van der Waals surface area contributed by atoms with Crippen molar-refractivity contribution in [3.8, 4) is 5.75 Å². The number of nitrogens with zero attached hydrogens (tertiary/aromatic N) is 2. The largest absolute Gasteiger partial charge is 0.488 e. The van der Waals surface area contributed by atoms with Crippen LogP contribution in [0.3, 0.4) is 0 Å². The molecule has 8 heteroatoms. The molecule has 1 saturated heterocycles. The summed E-state index contributed by atoms with van der Waals surface area (Å²) in [6.45, 7) is 1.61. The van der Waals surface area contributed by atoms with Gasteiger partial charge in [-0.3, -0.25) is 9.79 Å². The molecule has 6 nitrogen and oxygen atoms in total. The van der Waals surface area contributed by atoms with Crippen LogP contribution >= 0.6 is 0 Å². The van der Waals surface area contributed by atoms with Gasteiger partial charge in [-0.15, -0.1) is 0 Å². The molecule has 0 atom stereocenters. The molecule has 0 aliphatic carbocycles. The predicted octanol–water partition coefficient (Wildman–Crippen LogP) is 2.25. The maximum Gasteiger partial charge on any atom is 0.272 e. The van der Waals surface area contributed by atoms with Gasteiger partial charge < -0.3 is 20.3 Å². The van der Waals surface area contributed by atoms with Crippen molar-refractivity contribution < 1.29 is 18.3 Å². The molecule has 0 spiro atoms. The molecule has 2 N–H and O–H groups in total. The van der Waals surface area contributed by atoms with E-state index in [1.807, 2.05) is 6.07 Å². The summed E-state index contributed by atoms with van der Waals surface area (Å²) >= 11 is 0. The van der Waals surface area contributed by atoms with Gasteiger partial charge in [0.2, 0.25) is 5.91 Å². The molecule has 27 heavy (non-hydrogen) atoms. The first-order chi connectivity index (χ1) is 13.0. The Labute approximate surface area is 159 Å². The Morgan fingerprint density at radius 1 is 1.37 bits per heavy atom. The number of guanidine groups is 1. The number of nitrogens with one attached hydrogen (secondary N) is 2. The van der Waals surface area contributed by atoms with E-state index < -0.39 is 13.0 Å². The number of benzene rings is 1. The number of likely N-dealkylation sites (tertiary alicyclic amines) is 1. The second kappa shape index (κ2) is 10.7. The lowest BCUT2D eigenvalue weighted by molar-refractivity contribution is -0.121. The van der Waals surface area contributed by atoms with Crippen molar-refractivity contribution in [2.24, 2.45) is 10.9 Å². The van der Waals surface area contributed by atoms with Gasteiger partial charge in [-0.05, 0) is 36.5 Å². The molecular formula is C19H28F2N4O2. The third-order valence-corrected chi connectivity index (χ3v) is 4.60. The number of piperidine rings is 1. The standard InChI is InChI=1S/C19H28F2N4O2/c1-22-18(26)11-14-6-8-25(9-7-14)19(23-2)24-12-15-4-3-5-16(10-15)27-13-17(20)21/h3-5,10,14,17H,6-9,11-13H2,1-2H3,(H,22,26)(H,23,24). The van der Waals surface area contributed by atoms with Gasteiger partial charge in [-0.2, -0.15) is 0 Å². The van der Waals surface area contributed by atoms with Crippen LogP contribution in [0.5, 0.6) is 5.75 Å². The molecule has 0 unspecified atom stereocenters. The smallest absolute Gasteiger partial charge is 0.272 e. The van der Waals surface area contributed by atoms with Crippen molar-refractivity contribution in [1.82, 2.24) is 15.5 Å². The highest BCUT2D eigenvalue weighted by Gasteiger charge is 2.23. The van der Waals surface area contributed by atoms with Crippen molar-refractivity contribution in [3.05, 3.63) is 29.8 Å². The second-order valence-corrected chi connectivity index (χ2v) is 6.56. The number of ether oxygens (including phenoxy) is 1. The van der Waals surface area contributed by atoms with Gasteiger partial charge in [0.1, 0.15) is 12.4 Å². The Morgan fingerprint density at radius 3 is 2.74 bits per heavy atom. The first-order valence-electron chi connectivity index (χ1n) is 9.18. The number of aliphatic imine (C=N–C) groups is 1. The van der Waals surface area contributed by atoms with Gasteiger partial charge >= 0.3 is 0 Å². The molecule has 0 saturated carbocycles.